The van der Waals surface area contributed by atoms with Crippen molar-refractivity contribution in [2.75, 3.05) is 13.7 Å². The lowest BCUT2D eigenvalue weighted by Crippen LogP contribution is -2.32. The third-order valence-electron chi connectivity index (χ3n) is 3.38. The number of rotatable bonds is 4. The lowest BCUT2D eigenvalue weighted by atomic mass is 9.88. The van der Waals surface area contributed by atoms with Gasteiger partial charge in [-0.15, -0.1) is 0 Å². The molecule has 104 valence electrons. The molecule has 1 aromatic rings. The first-order chi connectivity index (χ1) is 9.13. The number of carboxylic acids is 1. The van der Waals surface area contributed by atoms with Gasteiger partial charge in [0.1, 0.15) is 17.5 Å². The minimum atomic E-state index is -1.02. The molecule has 0 aliphatic carbocycles. The van der Waals surface area contributed by atoms with Gasteiger partial charge in [0, 0.05) is 12.2 Å². The van der Waals surface area contributed by atoms with Crippen molar-refractivity contribution in [3.05, 3.63) is 29.6 Å². The molecule has 2 rings (SSSR count). The number of ether oxygens (including phenoxy) is 2. The molecule has 1 aliphatic rings. The molecular formula is C14H17FO4. The molecule has 0 spiro atoms. The SMILES string of the molecule is COc1ccc(F)cc1C(C(=O)O)C1CCCCO1. The summed E-state index contributed by atoms with van der Waals surface area (Å²) >= 11 is 0. The number of carbonyl (C=O) groups is 1. The van der Waals surface area contributed by atoms with Crippen molar-refractivity contribution in [3.8, 4) is 5.75 Å². The highest BCUT2D eigenvalue weighted by atomic mass is 19.1. The molecule has 0 amide bonds. The molecule has 1 aromatic carbocycles. The first kappa shape index (κ1) is 13.8. The van der Waals surface area contributed by atoms with E-state index in [-0.39, 0.29) is 0 Å². The standard InChI is InChI=1S/C14H17FO4/c1-18-11-6-5-9(15)8-10(11)13(14(16)17)12-4-2-3-7-19-12/h5-6,8,12-13H,2-4,7H2,1H3,(H,16,17). The smallest absolute Gasteiger partial charge is 0.313 e. The second-order valence-electron chi connectivity index (χ2n) is 4.61. The predicted molar refractivity (Wildman–Crippen MR) is 66.9 cm³/mol. The first-order valence-electron chi connectivity index (χ1n) is 6.31. The summed E-state index contributed by atoms with van der Waals surface area (Å²) in [5.74, 6) is -2.01. The predicted octanol–water partition coefficient (Wildman–Crippen LogP) is 2.57. The molecule has 1 saturated heterocycles. The molecule has 5 heteroatoms. The zero-order valence-corrected chi connectivity index (χ0v) is 10.8. The quantitative estimate of drug-likeness (QED) is 0.911. The molecular weight excluding hydrogens is 251 g/mol. The Balaban J connectivity index is 2.37. The van der Waals surface area contributed by atoms with Crippen molar-refractivity contribution in [1.82, 2.24) is 0 Å². The molecule has 0 aromatic heterocycles. The number of aliphatic carboxylic acids is 1. The lowest BCUT2D eigenvalue weighted by molar-refractivity contribution is -0.144. The average molecular weight is 268 g/mol. The van der Waals surface area contributed by atoms with Gasteiger partial charge in [-0.1, -0.05) is 0 Å². The molecule has 1 N–H and O–H groups in total. The van der Waals surface area contributed by atoms with Gasteiger partial charge in [0.05, 0.1) is 13.2 Å². The molecule has 0 bridgehead atoms. The van der Waals surface area contributed by atoms with Crippen LogP contribution in [0.3, 0.4) is 0 Å². The van der Waals surface area contributed by atoms with Crippen LogP contribution in [0.4, 0.5) is 4.39 Å². The number of hydrogen-bond acceptors (Lipinski definition) is 3. The Bertz CT molecular complexity index is 455. The monoisotopic (exact) mass is 268 g/mol. The lowest BCUT2D eigenvalue weighted by Gasteiger charge is -2.29. The number of carboxylic acid groups (broad SMARTS) is 1. The van der Waals surface area contributed by atoms with E-state index in [0.29, 0.717) is 24.3 Å². The Kier molecular flexibility index (Phi) is 4.37. The summed E-state index contributed by atoms with van der Waals surface area (Å²) in [7, 11) is 1.44. The van der Waals surface area contributed by atoms with Crippen molar-refractivity contribution in [1.29, 1.82) is 0 Å². The van der Waals surface area contributed by atoms with Gasteiger partial charge in [0.2, 0.25) is 0 Å². The molecule has 1 heterocycles. The number of hydrogen-bond donors (Lipinski definition) is 1. The Labute approximate surface area is 111 Å². The number of benzene rings is 1. The largest absolute Gasteiger partial charge is 0.496 e. The summed E-state index contributed by atoms with van der Waals surface area (Å²) in [5, 5.41) is 9.43. The molecule has 19 heavy (non-hydrogen) atoms. The highest BCUT2D eigenvalue weighted by Crippen LogP contribution is 2.34. The van der Waals surface area contributed by atoms with Crippen molar-refractivity contribution in [3.63, 3.8) is 0 Å². The van der Waals surface area contributed by atoms with Crippen molar-refractivity contribution >= 4 is 5.97 Å². The fourth-order valence-electron chi connectivity index (χ4n) is 2.47. The summed E-state index contributed by atoms with van der Waals surface area (Å²) < 4.78 is 24.1. The van der Waals surface area contributed by atoms with Crippen LogP contribution in [0.15, 0.2) is 18.2 Å². The topological polar surface area (TPSA) is 55.8 Å². The van der Waals surface area contributed by atoms with Crippen LogP contribution in [0.1, 0.15) is 30.7 Å². The number of halogens is 1. The summed E-state index contributed by atoms with van der Waals surface area (Å²) in [6.45, 7) is 0.548. The zero-order valence-electron chi connectivity index (χ0n) is 10.8. The van der Waals surface area contributed by atoms with Gasteiger partial charge in [0.15, 0.2) is 0 Å². The van der Waals surface area contributed by atoms with E-state index in [0.717, 1.165) is 12.8 Å². The van der Waals surface area contributed by atoms with Gasteiger partial charge < -0.3 is 14.6 Å². The van der Waals surface area contributed by atoms with Crippen molar-refractivity contribution in [2.24, 2.45) is 0 Å². The third-order valence-corrected chi connectivity index (χ3v) is 3.38. The molecule has 1 aliphatic heterocycles. The third kappa shape index (κ3) is 3.04. The van der Waals surface area contributed by atoms with Gasteiger partial charge >= 0.3 is 5.97 Å². The highest BCUT2D eigenvalue weighted by Gasteiger charge is 2.34. The van der Waals surface area contributed by atoms with Crippen molar-refractivity contribution < 1.29 is 23.8 Å². The molecule has 2 unspecified atom stereocenters. The Morgan fingerprint density at radius 3 is 2.89 bits per heavy atom. The molecule has 0 saturated carbocycles. The van der Waals surface area contributed by atoms with E-state index in [4.69, 9.17) is 9.47 Å². The van der Waals surface area contributed by atoms with E-state index in [1.807, 2.05) is 0 Å². The summed E-state index contributed by atoms with van der Waals surface area (Å²) in [4.78, 5) is 11.5. The van der Waals surface area contributed by atoms with Crippen LogP contribution in [0.5, 0.6) is 5.75 Å². The minimum absolute atomic E-state index is 0.335. The second-order valence-corrected chi connectivity index (χ2v) is 4.61. The van der Waals surface area contributed by atoms with Gasteiger partial charge in [-0.2, -0.15) is 0 Å². The van der Waals surface area contributed by atoms with Gasteiger partial charge in [0.25, 0.3) is 0 Å². The van der Waals surface area contributed by atoms with Crippen LogP contribution < -0.4 is 4.74 Å². The van der Waals surface area contributed by atoms with E-state index in [1.54, 1.807) is 0 Å². The molecule has 4 nitrogen and oxygen atoms in total. The van der Waals surface area contributed by atoms with E-state index < -0.39 is 23.8 Å². The molecule has 0 radical (unpaired) electrons. The van der Waals surface area contributed by atoms with E-state index in [1.165, 1.54) is 25.3 Å². The number of methoxy groups -OCH3 is 1. The van der Waals surface area contributed by atoms with Crippen LogP contribution in [0, 0.1) is 5.82 Å². The van der Waals surface area contributed by atoms with Crippen LogP contribution in [0.2, 0.25) is 0 Å². The maximum atomic E-state index is 13.4. The fourth-order valence-corrected chi connectivity index (χ4v) is 2.47. The first-order valence-corrected chi connectivity index (χ1v) is 6.31. The van der Waals surface area contributed by atoms with E-state index in [2.05, 4.69) is 0 Å². The van der Waals surface area contributed by atoms with Crippen LogP contribution in [-0.4, -0.2) is 30.9 Å². The summed E-state index contributed by atoms with van der Waals surface area (Å²) in [5.41, 5.74) is 0.335. The van der Waals surface area contributed by atoms with Crippen LogP contribution in [0.25, 0.3) is 0 Å². The van der Waals surface area contributed by atoms with Gasteiger partial charge in [-0.25, -0.2) is 4.39 Å². The molecule has 2 atom stereocenters. The Morgan fingerprint density at radius 1 is 1.53 bits per heavy atom. The Hall–Kier alpha value is -1.62. The maximum absolute atomic E-state index is 13.4. The Morgan fingerprint density at radius 2 is 2.32 bits per heavy atom. The zero-order chi connectivity index (χ0) is 13.8. The average Bonchev–Trinajstić information content (AvgIpc) is 2.40. The van der Waals surface area contributed by atoms with Gasteiger partial charge in [-0.3, -0.25) is 4.79 Å². The molecule has 1 fully saturated rings. The highest BCUT2D eigenvalue weighted by molar-refractivity contribution is 5.78. The van der Waals surface area contributed by atoms with Crippen LogP contribution in [-0.2, 0) is 9.53 Å². The van der Waals surface area contributed by atoms with Gasteiger partial charge in [-0.05, 0) is 37.5 Å². The van der Waals surface area contributed by atoms with E-state index in [9.17, 15) is 14.3 Å². The minimum Gasteiger partial charge on any atom is -0.496 e. The fraction of sp³-hybridized carbons (Fsp3) is 0.500. The van der Waals surface area contributed by atoms with Crippen molar-refractivity contribution in [2.45, 2.75) is 31.3 Å². The normalized spacial score (nSPS) is 20.8. The van der Waals surface area contributed by atoms with E-state index >= 15 is 0 Å². The second kappa shape index (κ2) is 6.02. The maximum Gasteiger partial charge on any atom is 0.313 e. The summed E-state index contributed by atoms with van der Waals surface area (Å²) in [6.07, 6.45) is 2.09. The summed E-state index contributed by atoms with van der Waals surface area (Å²) in [6, 6.07) is 3.92. The van der Waals surface area contributed by atoms with Crippen LogP contribution >= 0.6 is 0 Å².